The number of carbonyl (C=O) groups is 2. The molecule has 1 atom stereocenters. The molecule has 6 heteroatoms. The van der Waals surface area contributed by atoms with Crippen molar-refractivity contribution in [3.05, 3.63) is 53.3 Å². The van der Waals surface area contributed by atoms with Gasteiger partial charge in [-0.05, 0) is 75.1 Å². The summed E-state index contributed by atoms with van der Waals surface area (Å²) in [7, 11) is 0. The van der Waals surface area contributed by atoms with Gasteiger partial charge in [-0.1, -0.05) is 51.0 Å². The van der Waals surface area contributed by atoms with Crippen molar-refractivity contribution in [2.24, 2.45) is 5.92 Å². The molecule has 192 valence electrons. The second-order valence-corrected chi connectivity index (χ2v) is 10.7. The van der Waals surface area contributed by atoms with E-state index in [-0.39, 0.29) is 18.4 Å². The van der Waals surface area contributed by atoms with Crippen LogP contribution >= 0.6 is 0 Å². The summed E-state index contributed by atoms with van der Waals surface area (Å²) in [6.07, 6.45) is 13.0. The average molecular weight is 483 g/mol. The van der Waals surface area contributed by atoms with E-state index in [4.69, 9.17) is 4.74 Å². The number of hydrogen-bond donors (Lipinski definition) is 2. The highest BCUT2D eigenvalue weighted by Gasteiger charge is 2.29. The lowest BCUT2D eigenvalue weighted by Crippen LogP contribution is -2.41. The fourth-order valence-corrected chi connectivity index (χ4v) is 4.80. The van der Waals surface area contributed by atoms with Crippen LogP contribution in [0, 0.1) is 5.92 Å². The first-order valence-corrected chi connectivity index (χ1v) is 13.1. The molecule has 1 aromatic rings. The molecule has 1 aliphatic carbocycles. The van der Waals surface area contributed by atoms with Crippen LogP contribution in [0.1, 0.15) is 78.2 Å². The van der Waals surface area contributed by atoms with Gasteiger partial charge >= 0.3 is 5.97 Å². The zero-order valence-corrected chi connectivity index (χ0v) is 21.8. The van der Waals surface area contributed by atoms with E-state index in [9.17, 15) is 14.7 Å². The normalized spacial score (nSPS) is 17.8. The summed E-state index contributed by atoms with van der Waals surface area (Å²) in [6, 6.07) is 7.10. The van der Waals surface area contributed by atoms with Gasteiger partial charge in [0.15, 0.2) is 5.60 Å². The van der Waals surface area contributed by atoms with Gasteiger partial charge in [0.05, 0.1) is 12.5 Å². The van der Waals surface area contributed by atoms with E-state index in [2.05, 4.69) is 36.2 Å². The van der Waals surface area contributed by atoms with E-state index < -0.39 is 11.6 Å². The number of amides is 1. The lowest BCUT2D eigenvalue weighted by Gasteiger charge is -2.34. The fraction of sp³-hybridized carbons (Fsp3) is 0.586. The summed E-state index contributed by atoms with van der Waals surface area (Å²) in [5.74, 6) is -0.0963. The van der Waals surface area contributed by atoms with Crippen LogP contribution in [0.2, 0.25) is 0 Å². The van der Waals surface area contributed by atoms with Gasteiger partial charge < -0.3 is 20.1 Å². The third kappa shape index (κ3) is 7.87. The molecule has 0 spiro atoms. The third-order valence-corrected chi connectivity index (χ3v) is 6.70. The Morgan fingerprint density at radius 2 is 1.66 bits per heavy atom. The monoisotopic (exact) mass is 482 g/mol. The Hall–Kier alpha value is -2.76. The molecule has 0 bridgehead atoms. The third-order valence-electron chi connectivity index (χ3n) is 6.70. The number of carboxylic acids is 1. The highest BCUT2D eigenvalue weighted by molar-refractivity contribution is 5.79. The van der Waals surface area contributed by atoms with Crippen LogP contribution in [-0.4, -0.2) is 46.6 Å². The van der Waals surface area contributed by atoms with Crippen LogP contribution in [-0.2, 0) is 16.0 Å². The lowest BCUT2D eigenvalue weighted by molar-refractivity contribution is -0.152. The van der Waals surface area contributed by atoms with Crippen LogP contribution in [0.3, 0.4) is 0 Å². The van der Waals surface area contributed by atoms with Crippen molar-refractivity contribution in [2.45, 2.75) is 90.7 Å². The van der Waals surface area contributed by atoms with Crippen molar-refractivity contribution in [1.82, 2.24) is 10.2 Å². The minimum atomic E-state index is -1.31. The predicted molar refractivity (Wildman–Crippen MR) is 139 cm³/mol. The van der Waals surface area contributed by atoms with Crippen LogP contribution in [0.4, 0.5) is 0 Å². The first-order chi connectivity index (χ1) is 16.7. The van der Waals surface area contributed by atoms with Gasteiger partial charge in [0.1, 0.15) is 5.75 Å². The van der Waals surface area contributed by atoms with Crippen LogP contribution in [0.15, 0.2) is 47.7 Å². The van der Waals surface area contributed by atoms with E-state index >= 15 is 0 Å². The largest absolute Gasteiger partial charge is 0.478 e. The Balaban J connectivity index is 1.68. The molecule has 2 N–H and O–H groups in total. The first-order valence-electron chi connectivity index (χ1n) is 13.1. The molecule has 1 aromatic carbocycles. The highest BCUT2D eigenvalue weighted by atomic mass is 16.5. The maximum Gasteiger partial charge on any atom is 0.347 e. The summed E-state index contributed by atoms with van der Waals surface area (Å²) in [5, 5.41) is 12.6. The number of allylic oxidation sites excluding steroid dienone is 2. The smallest absolute Gasteiger partial charge is 0.347 e. The molecule has 2 aliphatic rings. The molecular formula is C29H42N2O4. The SMILES string of the molecule is CC(C)CC(NC(=O)Cc1ccc(OC(C)(C)C(=O)O)cc1)C1=CCCC=C1N1CCCCCC1. The van der Waals surface area contributed by atoms with Crippen molar-refractivity contribution in [1.29, 1.82) is 0 Å². The second-order valence-electron chi connectivity index (χ2n) is 10.7. The Morgan fingerprint density at radius 1 is 1.03 bits per heavy atom. The number of rotatable bonds is 10. The number of carboxylic acid groups (broad SMARTS) is 1. The molecule has 3 rings (SSSR count). The zero-order valence-electron chi connectivity index (χ0n) is 21.8. The van der Waals surface area contributed by atoms with Gasteiger partial charge in [0.25, 0.3) is 0 Å². The molecule has 1 heterocycles. The maximum absolute atomic E-state index is 13.1. The molecule has 1 amide bonds. The average Bonchev–Trinajstić information content (AvgIpc) is 3.09. The number of nitrogens with one attached hydrogen (secondary N) is 1. The molecular weight excluding hydrogens is 440 g/mol. The highest BCUT2D eigenvalue weighted by Crippen LogP contribution is 2.30. The fourth-order valence-electron chi connectivity index (χ4n) is 4.80. The summed E-state index contributed by atoms with van der Waals surface area (Å²) in [4.78, 5) is 26.9. The summed E-state index contributed by atoms with van der Waals surface area (Å²) >= 11 is 0. The van der Waals surface area contributed by atoms with Gasteiger partial charge in [-0.3, -0.25) is 4.79 Å². The molecule has 0 aromatic heterocycles. The maximum atomic E-state index is 13.1. The molecule has 1 fully saturated rings. The zero-order chi connectivity index (χ0) is 25.4. The predicted octanol–water partition coefficient (Wildman–Crippen LogP) is 5.48. The number of likely N-dealkylation sites (tertiary alicyclic amines) is 1. The number of ether oxygens (including phenoxy) is 1. The summed E-state index contributed by atoms with van der Waals surface area (Å²) in [5.41, 5.74) is 2.16. The van der Waals surface area contributed by atoms with Crippen LogP contribution in [0.5, 0.6) is 5.75 Å². The van der Waals surface area contributed by atoms with E-state index in [1.54, 1.807) is 12.1 Å². The summed E-state index contributed by atoms with van der Waals surface area (Å²) < 4.78 is 5.57. The van der Waals surface area contributed by atoms with Crippen molar-refractivity contribution >= 4 is 11.9 Å². The van der Waals surface area contributed by atoms with Gasteiger partial charge in [0.2, 0.25) is 5.91 Å². The van der Waals surface area contributed by atoms with Gasteiger partial charge in [0, 0.05) is 18.8 Å². The topological polar surface area (TPSA) is 78.9 Å². The molecule has 1 aliphatic heterocycles. The van der Waals surface area contributed by atoms with E-state index in [1.165, 1.54) is 50.8 Å². The Morgan fingerprint density at radius 3 is 2.26 bits per heavy atom. The second kappa shape index (κ2) is 12.3. The number of hydrogen-bond acceptors (Lipinski definition) is 4. The van der Waals surface area contributed by atoms with Gasteiger partial charge in [-0.15, -0.1) is 0 Å². The molecule has 0 radical (unpaired) electrons. The van der Waals surface area contributed by atoms with Crippen molar-refractivity contribution in [3.8, 4) is 5.75 Å². The minimum absolute atomic E-state index is 0.00289. The number of aliphatic carboxylic acids is 1. The number of carbonyl (C=O) groups excluding carboxylic acids is 1. The van der Waals surface area contributed by atoms with Crippen molar-refractivity contribution in [3.63, 3.8) is 0 Å². The Labute approximate surface area is 210 Å². The lowest BCUT2D eigenvalue weighted by atomic mass is 9.90. The van der Waals surface area contributed by atoms with Gasteiger partial charge in [-0.25, -0.2) is 4.79 Å². The molecule has 1 saturated heterocycles. The Kier molecular flexibility index (Phi) is 9.41. The summed E-state index contributed by atoms with van der Waals surface area (Å²) in [6.45, 7) is 9.63. The Bertz CT molecular complexity index is 923. The quantitative estimate of drug-likeness (QED) is 0.462. The number of benzene rings is 1. The van der Waals surface area contributed by atoms with E-state index in [0.717, 1.165) is 37.9 Å². The molecule has 1 unspecified atom stereocenters. The van der Waals surface area contributed by atoms with Crippen LogP contribution in [0.25, 0.3) is 0 Å². The first kappa shape index (κ1) is 26.8. The molecule has 0 saturated carbocycles. The van der Waals surface area contributed by atoms with Gasteiger partial charge in [-0.2, -0.15) is 0 Å². The number of nitrogens with zero attached hydrogens (tertiary/aromatic N) is 1. The van der Waals surface area contributed by atoms with E-state index in [0.29, 0.717) is 11.7 Å². The van der Waals surface area contributed by atoms with Crippen LogP contribution < -0.4 is 10.1 Å². The standard InChI is InChI=1S/C29H42N2O4/c1-21(2)19-25(24-11-7-8-12-26(24)31-17-9-5-6-10-18-31)30-27(32)20-22-13-15-23(16-14-22)35-29(3,4)28(33)34/h11-16,21,25H,5-10,17-20H2,1-4H3,(H,30,32)(H,33,34). The van der Waals surface area contributed by atoms with Crippen molar-refractivity contribution in [2.75, 3.05) is 13.1 Å². The van der Waals surface area contributed by atoms with E-state index in [1.807, 2.05) is 12.1 Å². The molecule has 6 nitrogen and oxygen atoms in total. The van der Waals surface area contributed by atoms with Crippen molar-refractivity contribution < 1.29 is 19.4 Å². The molecule has 35 heavy (non-hydrogen) atoms. The minimum Gasteiger partial charge on any atom is -0.478 e.